The lowest BCUT2D eigenvalue weighted by Gasteiger charge is -2.26. The fraction of sp³-hybridized carbons (Fsp3) is 0.462. The summed E-state index contributed by atoms with van der Waals surface area (Å²) in [4.78, 5) is 10.7. The van der Waals surface area contributed by atoms with Gasteiger partial charge in [-0.1, -0.05) is 18.6 Å². The first-order chi connectivity index (χ1) is 7.66. The lowest BCUT2D eigenvalue weighted by molar-refractivity contribution is 0.0697. The van der Waals surface area contributed by atoms with E-state index in [1.54, 1.807) is 12.1 Å². The SMILES string of the molecule is NC1CCCC(c2ccc(C(=O)O)cc2)C1. The number of carbonyl (C=O) groups is 1. The summed E-state index contributed by atoms with van der Waals surface area (Å²) in [5.41, 5.74) is 7.52. The Kier molecular flexibility index (Phi) is 3.25. The number of hydrogen-bond acceptors (Lipinski definition) is 2. The molecule has 0 aromatic heterocycles. The molecule has 0 spiro atoms. The topological polar surface area (TPSA) is 63.3 Å². The first-order valence-electron chi connectivity index (χ1n) is 5.75. The monoisotopic (exact) mass is 219 g/mol. The van der Waals surface area contributed by atoms with E-state index in [2.05, 4.69) is 0 Å². The number of nitrogens with two attached hydrogens (primary N) is 1. The van der Waals surface area contributed by atoms with Crippen molar-refractivity contribution in [3.63, 3.8) is 0 Å². The smallest absolute Gasteiger partial charge is 0.335 e. The van der Waals surface area contributed by atoms with Gasteiger partial charge >= 0.3 is 5.97 Å². The van der Waals surface area contributed by atoms with Crippen molar-refractivity contribution in [2.75, 3.05) is 0 Å². The highest BCUT2D eigenvalue weighted by Gasteiger charge is 2.20. The molecule has 0 saturated heterocycles. The molecule has 1 aliphatic carbocycles. The van der Waals surface area contributed by atoms with Crippen molar-refractivity contribution in [1.82, 2.24) is 0 Å². The molecule has 1 saturated carbocycles. The Morgan fingerprint density at radius 2 is 1.94 bits per heavy atom. The van der Waals surface area contributed by atoms with Crippen molar-refractivity contribution in [2.24, 2.45) is 5.73 Å². The first kappa shape index (κ1) is 11.1. The first-order valence-corrected chi connectivity index (χ1v) is 5.75. The maximum atomic E-state index is 10.7. The van der Waals surface area contributed by atoms with Crippen LogP contribution < -0.4 is 5.73 Å². The fourth-order valence-corrected chi connectivity index (χ4v) is 2.43. The van der Waals surface area contributed by atoms with Gasteiger partial charge < -0.3 is 10.8 Å². The minimum absolute atomic E-state index is 0.304. The van der Waals surface area contributed by atoms with Crippen LogP contribution in [-0.2, 0) is 0 Å². The number of aromatic carboxylic acids is 1. The molecule has 1 fully saturated rings. The predicted octanol–water partition coefficient (Wildman–Crippen LogP) is 2.37. The zero-order chi connectivity index (χ0) is 11.5. The van der Waals surface area contributed by atoms with Gasteiger partial charge in [0.15, 0.2) is 0 Å². The van der Waals surface area contributed by atoms with Crippen LogP contribution >= 0.6 is 0 Å². The highest BCUT2D eigenvalue weighted by atomic mass is 16.4. The molecule has 0 aliphatic heterocycles. The number of carboxylic acid groups (broad SMARTS) is 1. The van der Waals surface area contributed by atoms with Crippen molar-refractivity contribution in [3.05, 3.63) is 35.4 Å². The van der Waals surface area contributed by atoms with Gasteiger partial charge in [0.05, 0.1) is 5.56 Å². The molecule has 0 radical (unpaired) electrons. The summed E-state index contributed by atoms with van der Waals surface area (Å²) >= 11 is 0. The Morgan fingerprint density at radius 3 is 2.50 bits per heavy atom. The maximum Gasteiger partial charge on any atom is 0.335 e. The van der Waals surface area contributed by atoms with Gasteiger partial charge in [-0.25, -0.2) is 4.79 Å². The van der Waals surface area contributed by atoms with Crippen LogP contribution in [0.1, 0.15) is 47.5 Å². The van der Waals surface area contributed by atoms with Crippen molar-refractivity contribution in [3.8, 4) is 0 Å². The van der Waals surface area contributed by atoms with Crippen molar-refractivity contribution in [2.45, 2.75) is 37.6 Å². The summed E-state index contributed by atoms with van der Waals surface area (Å²) in [5, 5.41) is 8.81. The van der Waals surface area contributed by atoms with Crippen LogP contribution in [0.25, 0.3) is 0 Å². The van der Waals surface area contributed by atoms with E-state index in [1.807, 2.05) is 12.1 Å². The molecular weight excluding hydrogens is 202 g/mol. The molecule has 2 unspecified atom stereocenters. The molecule has 3 heteroatoms. The standard InChI is InChI=1S/C13H17NO2/c14-12-3-1-2-11(8-12)9-4-6-10(7-5-9)13(15)16/h4-7,11-12H,1-3,8,14H2,(H,15,16). The average molecular weight is 219 g/mol. The van der Waals surface area contributed by atoms with E-state index in [9.17, 15) is 4.79 Å². The lowest BCUT2D eigenvalue weighted by atomic mass is 9.81. The molecule has 0 amide bonds. The van der Waals surface area contributed by atoms with E-state index in [1.165, 1.54) is 18.4 Å². The number of benzene rings is 1. The molecule has 0 heterocycles. The molecule has 3 nitrogen and oxygen atoms in total. The van der Waals surface area contributed by atoms with Crippen LogP contribution in [0.5, 0.6) is 0 Å². The van der Waals surface area contributed by atoms with Crippen LogP contribution in [-0.4, -0.2) is 17.1 Å². The van der Waals surface area contributed by atoms with Gasteiger partial charge in [0.1, 0.15) is 0 Å². The highest BCUT2D eigenvalue weighted by Crippen LogP contribution is 2.32. The van der Waals surface area contributed by atoms with Gasteiger partial charge in [-0.15, -0.1) is 0 Å². The Balaban J connectivity index is 2.11. The quantitative estimate of drug-likeness (QED) is 0.802. The van der Waals surface area contributed by atoms with Crippen molar-refractivity contribution in [1.29, 1.82) is 0 Å². The van der Waals surface area contributed by atoms with Crippen LogP contribution in [0.3, 0.4) is 0 Å². The molecule has 16 heavy (non-hydrogen) atoms. The molecule has 3 N–H and O–H groups in total. The number of hydrogen-bond donors (Lipinski definition) is 2. The van der Waals surface area contributed by atoms with Gasteiger partial charge in [-0.05, 0) is 42.9 Å². The van der Waals surface area contributed by atoms with Crippen molar-refractivity contribution < 1.29 is 9.90 Å². The third kappa shape index (κ3) is 2.42. The Labute approximate surface area is 95.3 Å². The zero-order valence-electron chi connectivity index (χ0n) is 9.23. The zero-order valence-corrected chi connectivity index (χ0v) is 9.23. The Bertz CT molecular complexity index is 372. The molecule has 1 aromatic rings. The Morgan fingerprint density at radius 1 is 1.25 bits per heavy atom. The molecule has 2 rings (SSSR count). The summed E-state index contributed by atoms with van der Waals surface area (Å²) in [6.07, 6.45) is 4.47. The highest BCUT2D eigenvalue weighted by molar-refractivity contribution is 5.87. The summed E-state index contributed by atoms with van der Waals surface area (Å²) in [6.45, 7) is 0. The van der Waals surface area contributed by atoms with E-state index in [0.717, 1.165) is 12.8 Å². The normalized spacial score (nSPS) is 25.3. The molecule has 0 bridgehead atoms. The maximum absolute atomic E-state index is 10.7. The number of carboxylic acids is 1. The van der Waals surface area contributed by atoms with E-state index in [0.29, 0.717) is 17.5 Å². The van der Waals surface area contributed by atoms with Gasteiger partial charge in [0, 0.05) is 6.04 Å². The molecule has 2 atom stereocenters. The van der Waals surface area contributed by atoms with Gasteiger partial charge in [0.2, 0.25) is 0 Å². The molecule has 86 valence electrons. The lowest BCUT2D eigenvalue weighted by Crippen LogP contribution is -2.26. The summed E-state index contributed by atoms with van der Waals surface area (Å²) < 4.78 is 0. The molecular formula is C13H17NO2. The summed E-state index contributed by atoms with van der Waals surface area (Å²) in [6, 6.07) is 7.51. The van der Waals surface area contributed by atoms with E-state index >= 15 is 0 Å². The van der Waals surface area contributed by atoms with E-state index < -0.39 is 5.97 Å². The van der Waals surface area contributed by atoms with Crippen LogP contribution in [0.2, 0.25) is 0 Å². The third-order valence-corrected chi connectivity index (χ3v) is 3.34. The minimum Gasteiger partial charge on any atom is -0.478 e. The summed E-state index contributed by atoms with van der Waals surface area (Å²) in [5.74, 6) is -0.363. The van der Waals surface area contributed by atoms with Crippen LogP contribution in [0.4, 0.5) is 0 Å². The van der Waals surface area contributed by atoms with Crippen LogP contribution in [0.15, 0.2) is 24.3 Å². The van der Waals surface area contributed by atoms with Crippen LogP contribution in [0, 0.1) is 0 Å². The van der Waals surface area contributed by atoms with Crippen molar-refractivity contribution >= 4 is 5.97 Å². The van der Waals surface area contributed by atoms with E-state index in [-0.39, 0.29) is 0 Å². The second kappa shape index (κ2) is 4.66. The second-order valence-electron chi connectivity index (χ2n) is 4.55. The van der Waals surface area contributed by atoms with Gasteiger partial charge in [0.25, 0.3) is 0 Å². The molecule has 1 aliphatic rings. The predicted molar refractivity (Wildman–Crippen MR) is 62.6 cm³/mol. The van der Waals surface area contributed by atoms with Gasteiger partial charge in [-0.3, -0.25) is 0 Å². The Hall–Kier alpha value is -1.35. The third-order valence-electron chi connectivity index (χ3n) is 3.34. The van der Waals surface area contributed by atoms with Gasteiger partial charge in [-0.2, -0.15) is 0 Å². The minimum atomic E-state index is -0.869. The summed E-state index contributed by atoms with van der Waals surface area (Å²) in [7, 11) is 0. The average Bonchev–Trinajstić information content (AvgIpc) is 2.29. The fourth-order valence-electron chi connectivity index (χ4n) is 2.43. The number of rotatable bonds is 2. The largest absolute Gasteiger partial charge is 0.478 e. The second-order valence-corrected chi connectivity index (χ2v) is 4.55. The van der Waals surface area contributed by atoms with E-state index in [4.69, 9.17) is 10.8 Å². The molecule has 1 aromatic carbocycles.